The molecule has 0 saturated carbocycles. The van der Waals surface area contributed by atoms with Crippen molar-refractivity contribution in [2.24, 2.45) is 5.73 Å². The normalized spacial score (nSPS) is 10.7. The van der Waals surface area contributed by atoms with E-state index in [1.54, 1.807) is 11.3 Å². The highest BCUT2D eigenvalue weighted by atomic mass is 32.1. The molecular weight excluding hydrogens is 216 g/mol. The Bertz CT molecular complexity index is 468. The number of rotatable bonds is 3. The Hall–Kier alpha value is -1.19. The van der Waals surface area contributed by atoms with Crippen LogP contribution < -0.4 is 5.73 Å². The highest BCUT2D eigenvalue weighted by Crippen LogP contribution is 2.16. The minimum absolute atomic E-state index is 0.531. The van der Waals surface area contributed by atoms with Crippen molar-refractivity contribution >= 4 is 11.3 Å². The zero-order valence-electron chi connectivity index (χ0n) is 9.66. The predicted octanol–water partition coefficient (Wildman–Crippen LogP) is 2.81. The van der Waals surface area contributed by atoms with E-state index in [1.807, 2.05) is 5.38 Å². The highest BCUT2D eigenvalue weighted by Gasteiger charge is 2.03. The van der Waals surface area contributed by atoms with Gasteiger partial charge in [-0.3, -0.25) is 0 Å². The molecule has 1 aromatic carbocycles. The first-order chi connectivity index (χ1) is 7.67. The first kappa shape index (κ1) is 11.3. The second-order valence-electron chi connectivity index (χ2n) is 4.11. The molecule has 1 heterocycles. The average Bonchev–Trinajstić information content (AvgIpc) is 2.64. The monoisotopic (exact) mass is 232 g/mol. The van der Waals surface area contributed by atoms with Crippen molar-refractivity contribution in [3.05, 3.63) is 51.0 Å². The van der Waals surface area contributed by atoms with Gasteiger partial charge < -0.3 is 5.73 Å². The number of aryl methyl sites for hydroxylation is 2. The predicted molar refractivity (Wildman–Crippen MR) is 68.7 cm³/mol. The molecule has 0 saturated heterocycles. The van der Waals surface area contributed by atoms with Crippen molar-refractivity contribution in [3.8, 4) is 0 Å². The molecule has 84 valence electrons. The van der Waals surface area contributed by atoms with Gasteiger partial charge in [-0.15, -0.1) is 11.3 Å². The van der Waals surface area contributed by atoms with Crippen LogP contribution in [0, 0.1) is 13.8 Å². The third-order valence-corrected chi connectivity index (χ3v) is 3.34. The molecule has 2 aromatic rings. The van der Waals surface area contributed by atoms with Crippen LogP contribution in [-0.4, -0.2) is 4.98 Å². The van der Waals surface area contributed by atoms with E-state index in [1.165, 1.54) is 16.7 Å². The summed E-state index contributed by atoms with van der Waals surface area (Å²) in [6.07, 6.45) is 0.910. The molecule has 0 spiro atoms. The molecule has 0 aliphatic carbocycles. The molecule has 0 fully saturated rings. The first-order valence-corrected chi connectivity index (χ1v) is 6.26. The standard InChI is InChI=1S/C13H16N2S/c1-9-3-10(2)5-11(4-9)6-13-15-12(7-14)8-16-13/h3-5,8H,6-7,14H2,1-2H3. The summed E-state index contributed by atoms with van der Waals surface area (Å²) in [7, 11) is 0. The topological polar surface area (TPSA) is 38.9 Å². The van der Waals surface area contributed by atoms with Crippen LogP contribution in [0.25, 0.3) is 0 Å². The quantitative estimate of drug-likeness (QED) is 0.883. The van der Waals surface area contributed by atoms with Gasteiger partial charge >= 0.3 is 0 Å². The van der Waals surface area contributed by atoms with E-state index in [-0.39, 0.29) is 0 Å². The summed E-state index contributed by atoms with van der Waals surface area (Å²) in [6, 6.07) is 6.63. The van der Waals surface area contributed by atoms with Crippen LogP contribution in [0.15, 0.2) is 23.6 Å². The minimum Gasteiger partial charge on any atom is -0.325 e. The number of benzene rings is 1. The number of aromatic nitrogens is 1. The van der Waals surface area contributed by atoms with Gasteiger partial charge in [0.1, 0.15) is 0 Å². The Morgan fingerprint density at radius 1 is 1.19 bits per heavy atom. The van der Waals surface area contributed by atoms with Crippen LogP contribution in [0.3, 0.4) is 0 Å². The van der Waals surface area contributed by atoms with Gasteiger partial charge in [0.15, 0.2) is 0 Å². The summed E-state index contributed by atoms with van der Waals surface area (Å²) in [6.45, 7) is 4.79. The van der Waals surface area contributed by atoms with Crippen LogP contribution >= 0.6 is 11.3 Å². The van der Waals surface area contributed by atoms with E-state index >= 15 is 0 Å². The second-order valence-corrected chi connectivity index (χ2v) is 5.05. The van der Waals surface area contributed by atoms with Crippen molar-refractivity contribution in [1.82, 2.24) is 4.98 Å². The van der Waals surface area contributed by atoms with Crippen LogP contribution in [-0.2, 0) is 13.0 Å². The number of thiazole rings is 1. The SMILES string of the molecule is Cc1cc(C)cc(Cc2nc(CN)cs2)c1. The van der Waals surface area contributed by atoms with E-state index < -0.39 is 0 Å². The van der Waals surface area contributed by atoms with Crippen LogP contribution in [0.5, 0.6) is 0 Å². The Morgan fingerprint density at radius 3 is 2.44 bits per heavy atom. The maximum Gasteiger partial charge on any atom is 0.0972 e. The van der Waals surface area contributed by atoms with Crippen molar-refractivity contribution < 1.29 is 0 Å². The van der Waals surface area contributed by atoms with E-state index in [0.29, 0.717) is 6.54 Å². The first-order valence-electron chi connectivity index (χ1n) is 5.38. The lowest BCUT2D eigenvalue weighted by Gasteiger charge is -2.02. The molecule has 2 rings (SSSR count). The molecule has 0 atom stereocenters. The van der Waals surface area contributed by atoms with Crippen molar-refractivity contribution in [2.45, 2.75) is 26.8 Å². The van der Waals surface area contributed by atoms with Crippen LogP contribution in [0.4, 0.5) is 0 Å². The van der Waals surface area contributed by atoms with Gasteiger partial charge in [-0.25, -0.2) is 4.98 Å². The van der Waals surface area contributed by atoms with Crippen molar-refractivity contribution in [3.63, 3.8) is 0 Å². The third-order valence-electron chi connectivity index (χ3n) is 2.45. The van der Waals surface area contributed by atoms with Crippen LogP contribution in [0.2, 0.25) is 0 Å². The molecule has 2 N–H and O–H groups in total. The van der Waals surface area contributed by atoms with Gasteiger partial charge in [-0.2, -0.15) is 0 Å². The molecule has 0 aliphatic rings. The van der Waals surface area contributed by atoms with Crippen molar-refractivity contribution in [2.75, 3.05) is 0 Å². The van der Waals surface area contributed by atoms with Gasteiger partial charge in [0, 0.05) is 18.3 Å². The molecular formula is C13H16N2S. The Balaban J connectivity index is 2.19. The summed E-state index contributed by atoms with van der Waals surface area (Å²) in [4.78, 5) is 4.48. The summed E-state index contributed by atoms with van der Waals surface area (Å²) < 4.78 is 0. The lowest BCUT2D eigenvalue weighted by atomic mass is 10.1. The lowest BCUT2D eigenvalue weighted by Crippen LogP contribution is -1.97. The molecule has 3 heteroatoms. The summed E-state index contributed by atoms with van der Waals surface area (Å²) >= 11 is 1.69. The zero-order valence-corrected chi connectivity index (χ0v) is 10.5. The second kappa shape index (κ2) is 4.76. The van der Waals surface area contributed by atoms with Gasteiger partial charge in [0.25, 0.3) is 0 Å². The number of nitrogens with zero attached hydrogens (tertiary/aromatic N) is 1. The fraction of sp³-hybridized carbons (Fsp3) is 0.308. The number of hydrogen-bond donors (Lipinski definition) is 1. The maximum atomic E-state index is 5.55. The van der Waals surface area contributed by atoms with E-state index in [4.69, 9.17) is 5.73 Å². The molecule has 0 amide bonds. The fourth-order valence-electron chi connectivity index (χ4n) is 1.87. The molecule has 0 radical (unpaired) electrons. The van der Waals surface area contributed by atoms with Gasteiger partial charge in [-0.1, -0.05) is 29.3 Å². The summed E-state index contributed by atoms with van der Waals surface area (Å²) in [5, 5.41) is 3.18. The van der Waals surface area contributed by atoms with Crippen LogP contribution in [0.1, 0.15) is 27.4 Å². The lowest BCUT2D eigenvalue weighted by molar-refractivity contribution is 0.981. The Labute approximate surface area is 100 Å². The highest BCUT2D eigenvalue weighted by molar-refractivity contribution is 7.09. The summed E-state index contributed by atoms with van der Waals surface area (Å²) in [5.74, 6) is 0. The smallest absolute Gasteiger partial charge is 0.0972 e. The Morgan fingerprint density at radius 2 is 1.88 bits per heavy atom. The number of nitrogens with two attached hydrogens (primary N) is 1. The third kappa shape index (κ3) is 2.68. The van der Waals surface area contributed by atoms with Crippen molar-refractivity contribution in [1.29, 1.82) is 0 Å². The van der Waals surface area contributed by atoms with E-state index in [9.17, 15) is 0 Å². The average molecular weight is 232 g/mol. The fourth-order valence-corrected chi connectivity index (χ4v) is 2.71. The molecule has 2 nitrogen and oxygen atoms in total. The van der Waals surface area contributed by atoms with Gasteiger partial charge in [0.05, 0.1) is 10.7 Å². The molecule has 16 heavy (non-hydrogen) atoms. The molecule has 1 aromatic heterocycles. The zero-order chi connectivity index (χ0) is 11.5. The summed E-state index contributed by atoms with van der Waals surface area (Å²) in [5.41, 5.74) is 10.5. The van der Waals surface area contributed by atoms with Gasteiger partial charge in [0.2, 0.25) is 0 Å². The largest absolute Gasteiger partial charge is 0.325 e. The molecule has 0 unspecified atom stereocenters. The minimum atomic E-state index is 0.531. The Kier molecular flexibility index (Phi) is 3.36. The maximum absolute atomic E-state index is 5.55. The number of hydrogen-bond acceptors (Lipinski definition) is 3. The van der Waals surface area contributed by atoms with E-state index in [2.05, 4.69) is 37.0 Å². The molecule has 0 bridgehead atoms. The molecule has 0 aliphatic heterocycles. The van der Waals surface area contributed by atoms with Gasteiger partial charge in [-0.05, 0) is 19.4 Å². The van der Waals surface area contributed by atoms with E-state index in [0.717, 1.165) is 17.1 Å².